The molecule has 0 aliphatic rings. The van der Waals surface area contributed by atoms with Crippen LogP contribution in [0, 0.1) is 6.92 Å². The number of ether oxygens (including phenoxy) is 1. The molecule has 2 aromatic rings. The standard InChI is InChI=1S/C16H22N2OS/c1-3-4-11-19-14-8-6-13(7-9-14)16(18-17)15-10-5-12(2)20-15/h5-10,16,18H,3-4,11,17H2,1-2H3. The predicted octanol–water partition coefficient (Wildman–Crippen LogP) is 3.79. The molecule has 3 N–H and O–H groups in total. The number of rotatable bonds is 7. The van der Waals surface area contributed by atoms with Gasteiger partial charge in [-0.05, 0) is 43.2 Å². The fourth-order valence-electron chi connectivity index (χ4n) is 2.04. The van der Waals surface area contributed by atoms with E-state index in [4.69, 9.17) is 10.6 Å². The molecule has 108 valence electrons. The summed E-state index contributed by atoms with van der Waals surface area (Å²) in [7, 11) is 0. The molecule has 1 aromatic carbocycles. The Kier molecular flexibility index (Phi) is 5.59. The van der Waals surface area contributed by atoms with Crippen LogP contribution in [0.4, 0.5) is 0 Å². The molecule has 3 nitrogen and oxygen atoms in total. The maximum absolute atomic E-state index is 5.71. The first-order chi connectivity index (χ1) is 9.74. The Balaban J connectivity index is 2.07. The number of hydrazine groups is 1. The van der Waals surface area contributed by atoms with Crippen molar-refractivity contribution in [3.63, 3.8) is 0 Å². The average molecular weight is 290 g/mol. The molecule has 20 heavy (non-hydrogen) atoms. The zero-order valence-corrected chi connectivity index (χ0v) is 12.9. The van der Waals surface area contributed by atoms with Crippen LogP contribution < -0.4 is 16.0 Å². The van der Waals surface area contributed by atoms with Crippen molar-refractivity contribution in [2.24, 2.45) is 5.84 Å². The number of nitrogens with one attached hydrogen (secondary N) is 1. The van der Waals surface area contributed by atoms with Crippen molar-refractivity contribution in [1.82, 2.24) is 5.43 Å². The van der Waals surface area contributed by atoms with Crippen LogP contribution in [0.1, 0.15) is 41.1 Å². The lowest BCUT2D eigenvalue weighted by Gasteiger charge is -2.15. The predicted molar refractivity (Wildman–Crippen MR) is 85.1 cm³/mol. The van der Waals surface area contributed by atoms with Crippen molar-refractivity contribution in [1.29, 1.82) is 0 Å². The number of nitrogens with two attached hydrogens (primary N) is 1. The molecule has 1 atom stereocenters. The first kappa shape index (κ1) is 15.0. The Bertz CT molecular complexity index is 522. The zero-order chi connectivity index (χ0) is 14.4. The van der Waals surface area contributed by atoms with Gasteiger partial charge in [-0.15, -0.1) is 11.3 Å². The lowest BCUT2D eigenvalue weighted by molar-refractivity contribution is 0.309. The minimum atomic E-state index is 0.0402. The fraction of sp³-hybridized carbons (Fsp3) is 0.375. The smallest absolute Gasteiger partial charge is 0.119 e. The molecule has 0 fully saturated rings. The maximum atomic E-state index is 5.71. The highest BCUT2D eigenvalue weighted by Gasteiger charge is 2.14. The Labute approximate surface area is 124 Å². The van der Waals surface area contributed by atoms with Crippen molar-refractivity contribution in [3.05, 3.63) is 51.7 Å². The molecule has 1 unspecified atom stereocenters. The molecule has 4 heteroatoms. The van der Waals surface area contributed by atoms with Crippen molar-refractivity contribution in [3.8, 4) is 5.75 Å². The van der Waals surface area contributed by atoms with E-state index >= 15 is 0 Å². The molecule has 0 saturated heterocycles. The number of hydrogen-bond acceptors (Lipinski definition) is 4. The topological polar surface area (TPSA) is 47.3 Å². The third kappa shape index (κ3) is 3.82. The van der Waals surface area contributed by atoms with E-state index in [0.717, 1.165) is 30.8 Å². The lowest BCUT2D eigenvalue weighted by Crippen LogP contribution is -2.28. The van der Waals surface area contributed by atoms with Gasteiger partial charge >= 0.3 is 0 Å². The largest absolute Gasteiger partial charge is 0.494 e. The van der Waals surface area contributed by atoms with Crippen molar-refractivity contribution in [2.75, 3.05) is 6.61 Å². The van der Waals surface area contributed by atoms with Gasteiger partial charge in [0.05, 0.1) is 12.6 Å². The van der Waals surface area contributed by atoms with Crippen LogP contribution in [-0.2, 0) is 0 Å². The molecular weight excluding hydrogens is 268 g/mol. The SMILES string of the molecule is CCCCOc1ccc(C(NN)c2ccc(C)s2)cc1. The van der Waals surface area contributed by atoms with Gasteiger partial charge in [0.2, 0.25) is 0 Å². The molecule has 0 amide bonds. The van der Waals surface area contributed by atoms with Crippen LogP contribution in [0.3, 0.4) is 0 Å². The van der Waals surface area contributed by atoms with E-state index in [0.29, 0.717) is 0 Å². The summed E-state index contributed by atoms with van der Waals surface area (Å²) in [6.07, 6.45) is 2.23. The molecule has 0 spiro atoms. The summed E-state index contributed by atoms with van der Waals surface area (Å²) < 4.78 is 5.68. The van der Waals surface area contributed by atoms with Gasteiger partial charge in [-0.25, -0.2) is 5.43 Å². The minimum absolute atomic E-state index is 0.0402. The quantitative estimate of drug-likeness (QED) is 0.463. The third-order valence-corrected chi connectivity index (χ3v) is 4.26. The highest BCUT2D eigenvalue weighted by atomic mass is 32.1. The molecule has 1 heterocycles. The molecular formula is C16H22N2OS. The number of thiophene rings is 1. The summed E-state index contributed by atoms with van der Waals surface area (Å²) in [6.45, 7) is 5.04. The van der Waals surface area contributed by atoms with Gasteiger partial charge < -0.3 is 4.74 Å². The van der Waals surface area contributed by atoms with E-state index < -0.39 is 0 Å². The second-order valence-electron chi connectivity index (χ2n) is 4.82. The summed E-state index contributed by atoms with van der Waals surface area (Å²) in [5, 5.41) is 0. The van der Waals surface area contributed by atoms with Gasteiger partial charge in [0.1, 0.15) is 5.75 Å². The summed E-state index contributed by atoms with van der Waals surface area (Å²) in [5.74, 6) is 6.62. The highest BCUT2D eigenvalue weighted by molar-refractivity contribution is 7.12. The molecule has 0 radical (unpaired) electrons. The van der Waals surface area contributed by atoms with E-state index in [2.05, 4.69) is 43.5 Å². The van der Waals surface area contributed by atoms with Gasteiger partial charge in [-0.1, -0.05) is 25.5 Å². The van der Waals surface area contributed by atoms with Crippen LogP contribution in [-0.4, -0.2) is 6.61 Å². The lowest BCUT2D eigenvalue weighted by atomic mass is 10.1. The van der Waals surface area contributed by atoms with Crippen LogP contribution in [0.5, 0.6) is 5.75 Å². The molecule has 0 saturated carbocycles. The highest BCUT2D eigenvalue weighted by Crippen LogP contribution is 2.28. The first-order valence-corrected chi connectivity index (χ1v) is 7.81. The van der Waals surface area contributed by atoms with E-state index in [1.807, 2.05) is 12.1 Å². The number of hydrogen-bond donors (Lipinski definition) is 2. The molecule has 0 aliphatic carbocycles. The summed E-state index contributed by atoms with van der Waals surface area (Å²) in [4.78, 5) is 2.52. The van der Waals surface area contributed by atoms with E-state index in [-0.39, 0.29) is 6.04 Å². The maximum Gasteiger partial charge on any atom is 0.119 e. The Morgan fingerprint density at radius 3 is 2.50 bits per heavy atom. The third-order valence-electron chi connectivity index (χ3n) is 3.19. The second kappa shape index (κ2) is 7.43. The average Bonchev–Trinajstić information content (AvgIpc) is 2.88. The fourth-order valence-corrected chi connectivity index (χ4v) is 3.01. The zero-order valence-electron chi connectivity index (χ0n) is 12.1. The van der Waals surface area contributed by atoms with Gasteiger partial charge in [0.15, 0.2) is 0 Å². The van der Waals surface area contributed by atoms with Crippen molar-refractivity contribution < 1.29 is 4.74 Å². The first-order valence-electron chi connectivity index (χ1n) is 6.99. The summed E-state index contributed by atoms with van der Waals surface area (Å²) in [5.41, 5.74) is 4.04. The van der Waals surface area contributed by atoms with Crippen LogP contribution in [0.25, 0.3) is 0 Å². The van der Waals surface area contributed by atoms with Gasteiger partial charge in [-0.2, -0.15) is 0 Å². The number of benzene rings is 1. The van der Waals surface area contributed by atoms with Gasteiger partial charge in [-0.3, -0.25) is 5.84 Å². The van der Waals surface area contributed by atoms with Crippen molar-refractivity contribution >= 4 is 11.3 Å². The molecule has 1 aromatic heterocycles. The number of unbranched alkanes of at least 4 members (excludes halogenated alkanes) is 1. The monoisotopic (exact) mass is 290 g/mol. The van der Waals surface area contributed by atoms with Crippen LogP contribution >= 0.6 is 11.3 Å². The van der Waals surface area contributed by atoms with Crippen molar-refractivity contribution in [2.45, 2.75) is 32.7 Å². The van der Waals surface area contributed by atoms with E-state index in [1.165, 1.54) is 9.75 Å². The normalized spacial score (nSPS) is 12.3. The van der Waals surface area contributed by atoms with Gasteiger partial charge in [0.25, 0.3) is 0 Å². The molecule has 2 rings (SSSR count). The van der Waals surface area contributed by atoms with Crippen LogP contribution in [0.15, 0.2) is 36.4 Å². The second-order valence-corrected chi connectivity index (χ2v) is 6.14. The van der Waals surface area contributed by atoms with Gasteiger partial charge in [0, 0.05) is 9.75 Å². The molecule has 0 aliphatic heterocycles. The van der Waals surface area contributed by atoms with E-state index in [9.17, 15) is 0 Å². The minimum Gasteiger partial charge on any atom is -0.494 e. The number of aryl methyl sites for hydroxylation is 1. The summed E-state index contributed by atoms with van der Waals surface area (Å²) in [6, 6.07) is 12.4. The molecule has 0 bridgehead atoms. The summed E-state index contributed by atoms with van der Waals surface area (Å²) >= 11 is 1.76. The van der Waals surface area contributed by atoms with Crippen LogP contribution in [0.2, 0.25) is 0 Å². The Hall–Kier alpha value is -1.36. The van der Waals surface area contributed by atoms with E-state index in [1.54, 1.807) is 11.3 Å². The Morgan fingerprint density at radius 1 is 1.20 bits per heavy atom. The Morgan fingerprint density at radius 2 is 1.95 bits per heavy atom.